The van der Waals surface area contributed by atoms with Gasteiger partial charge in [0.2, 0.25) is 0 Å². The van der Waals surface area contributed by atoms with Crippen LogP contribution in [0.15, 0.2) is 42.5 Å². The third kappa shape index (κ3) is 6.06. The van der Waals surface area contributed by atoms with E-state index < -0.39 is 0 Å². The zero-order valence-electron chi connectivity index (χ0n) is 16.2. The zero-order valence-corrected chi connectivity index (χ0v) is 17.8. The quantitative estimate of drug-likeness (QED) is 0.669. The van der Waals surface area contributed by atoms with E-state index in [-0.39, 0.29) is 11.0 Å². The number of nitrogens with zero attached hydrogens (tertiary/aromatic N) is 1. The Balaban J connectivity index is 1.67. The summed E-state index contributed by atoms with van der Waals surface area (Å²) in [7, 11) is 0. The SMILES string of the molecule is CCCOc1cccc(C(=O)NC(=S)Nc2cc(Cl)ccc2N2CCOCC2)c1. The van der Waals surface area contributed by atoms with Gasteiger partial charge in [0.1, 0.15) is 5.75 Å². The number of benzene rings is 2. The predicted molar refractivity (Wildman–Crippen MR) is 120 cm³/mol. The summed E-state index contributed by atoms with van der Waals surface area (Å²) in [6.07, 6.45) is 0.898. The van der Waals surface area contributed by atoms with Gasteiger partial charge in [0.05, 0.1) is 31.2 Å². The third-order valence-electron chi connectivity index (χ3n) is 4.35. The second kappa shape index (κ2) is 10.4. The number of rotatable bonds is 6. The van der Waals surface area contributed by atoms with Crippen LogP contribution in [-0.4, -0.2) is 43.9 Å². The van der Waals surface area contributed by atoms with Gasteiger partial charge in [-0.2, -0.15) is 0 Å². The Bertz CT molecular complexity index is 872. The summed E-state index contributed by atoms with van der Waals surface area (Å²) in [5, 5.41) is 6.60. The van der Waals surface area contributed by atoms with Crippen LogP contribution in [0, 0.1) is 0 Å². The number of halogens is 1. The van der Waals surface area contributed by atoms with Crippen LogP contribution < -0.4 is 20.3 Å². The van der Waals surface area contributed by atoms with Gasteiger partial charge in [-0.15, -0.1) is 0 Å². The van der Waals surface area contributed by atoms with E-state index >= 15 is 0 Å². The third-order valence-corrected chi connectivity index (χ3v) is 4.79. The van der Waals surface area contributed by atoms with Crippen molar-refractivity contribution in [3.63, 3.8) is 0 Å². The van der Waals surface area contributed by atoms with Crippen molar-refractivity contribution < 1.29 is 14.3 Å². The lowest BCUT2D eigenvalue weighted by molar-refractivity contribution is 0.0977. The van der Waals surface area contributed by atoms with Crippen LogP contribution in [0.25, 0.3) is 0 Å². The van der Waals surface area contributed by atoms with Gasteiger partial charge in [-0.3, -0.25) is 10.1 Å². The van der Waals surface area contributed by atoms with Crippen molar-refractivity contribution in [3.8, 4) is 5.75 Å². The number of carbonyl (C=O) groups excluding carboxylic acids is 1. The van der Waals surface area contributed by atoms with Crippen molar-refractivity contribution in [3.05, 3.63) is 53.1 Å². The highest BCUT2D eigenvalue weighted by Gasteiger charge is 2.17. The Labute approximate surface area is 181 Å². The lowest BCUT2D eigenvalue weighted by atomic mass is 10.2. The van der Waals surface area contributed by atoms with Crippen molar-refractivity contribution in [1.29, 1.82) is 0 Å². The molecule has 1 aliphatic heterocycles. The molecule has 1 amide bonds. The monoisotopic (exact) mass is 433 g/mol. The van der Waals surface area contributed by atoms with Gasteiger partial charge in [0.15, 0.2) is 5.11 Å². The van der Waals surface area contributed by atoms with Crippen LogP contribution in [-0.2, 0) is 4.74 Å². The molecule has 0 radical (unpaired) electrons. The van der Waals surface area contributed by atoms with E-state index in [0.717, 1.165) is 30.9 Å². The summed E-state index contributed by atoms with van der Waals surface area (Å²) in [6, 6.07) is 12.6. The van der Waals surface area contributed by atoms with E-state index in [4.69, 9.17) is 33.3 Å². The Hall–Kier alpha value is -2.35. The van der Waals surface area contributed by atoms with Crippen LogP contribution in [0.1, 0.15) is 23.7 Å². The molecule has 0 aromatic heterocycles. The molecule has 8 heteroatoms. The molecule has 6 nitrogen and oxygen atoms in total. The van der Waals surface area contributed by atoms with Crippen LogP contribution in [0.3, 0.4) is 0 Å². The molecule has 1 aliphatic rings. The summed E-state index contributed by atoms with van der Waals surface area (Å²) in [6.45, 7) is 5.52. The van der Waals surface area contributed by atoms with Crippen molar-refractivity contribution in [2.45, 2.75) is 13.3 Å². The molecule has 0 spiro atoms. The summed E-state index contributed by atoms with van der Waals surface area (Å²) in [5.74, 6) is 0.349. The fraction of sp³-hybridized carbons (Fsp3) is 0.333. The number of carbonyl (C=O) groups is 1. The van der Waals surface area contributed by atoms with E-state index in [9.17, 15) is 4.79 Å². The minimum atomic E-state index is -0.306. The molecule has 0 aliphatic carbocycles. The number of hydrogen-bond acceptors (Lipinski definition) is 5. The fourth-order valence-corrected chi connectivity index (χ4v) is 3.34. The van der Waals surface area contributed by atoms with E-state index in [1.165, 1.54) is 0 Å². The number of amides is 1. The highest BCUT2D eigenvalue weighted by Crippen LogP contribution is 2.30. The maximum Gasteiger partial charge on any atom is 0.257 e. The average Bonchev–Trinajstić information content (AvgIpc) is 2.73. The Morgan fingerprint density at radius 3 is 2.79 bits per heavy atom. The number of morpholine rings is 1. The normalized spacial score (nSPS) is 13.7. The molecule has 2 N–H and O–H groups in total. The summed E-state index contributed by atoms with van der Waals surface area (Å²) in [5.41, 5.74) is 2.18. The first-order chi connectivity index (χ1) is 14.1. The standard InChI is InChI=1S/C21H24ClN3O3S/c1-2-10-28-17-5-3-4-15(13-17)20(26)24-21(29)23-18-14-16(22)6-7-19(18)25-8-11-27-12-9-25/h3-7,13-14H,2,8-12H2,1H3,(H2,23,24,26,29). The Kier molecular flexibility index (Phi) is 7.69. The second-order valence-corrected chi connectivity index (χ2v) is 7.39. The van der Waals surface area contributed by atoms with Crippen LogP contribution in [0.5, 0.6) is 5.75 Å². The van der Waals surface area contributed by atoms with E-state index in [2.05, 4.69) is 15.5 Å². The highest BCUT2D eigenvalue weighted by molar-refractivity contribution is 7.80. The summed E-state index contributed by atoms with van der Waals surface area (Å²) < 4.78 is 11.0. The van der Waals surface area contributed by atoms with Crippen molar-refractivity contribution >= 4 is 46.2 Å². The topological polar surface area (TPSA) is 62.8 Å². The number of hydrogen-bond donors (Lipinski definition) is 2. The summed E-state index contributed by atoms with van der Waals surface area (Å²) >= 11 is 11.5. The molecule has 1 fully saturated rings. The number of ether oxygens (including phenoxy) is 2. The van der Waals surface area contributed by atoms with Crippen LogP contribution in [0.2, 0.25) is 5.02 Å². The molecular formula is C21H24ClN3O3S. The van der Waals surface area contributed by atoms with E-state index in [1.54, 1.807) is 24.3 Å². The maximum atomic E-state index is 12.6. The lowest BCUT2D eigenvalue weighted by Crippen LogP contribution is -2.38. The van der Waals surface area contributed by atoms with Gasteiger partial charge in [-0.25, -0.2) is 0 Å². The fourth-order valence-electron chi connectivity index (χ4n) is 2.96. The largest absolute Gasteiger partial charge is 0.494 e. The molecule has 3 rings (SSSR count). The molecule has 0 unspecified atom stereocenters. The molecule has 1 saturated heterocycles. The van der Waals surface area contributed by atoms with Gasteiger partial charge in [-0.1, -0.05) is 24.6 Å². The smallest absolute Gasteiger partial charge is 0.257 e. The first-order valence-corrected chi connectivity index (χ1v) is 10.3. The molecule has 29 heavy (non-hydrogen) atoms. The van der Waals surface area contributed by atoms with Gasteiger partial charge in [0, 0.05) is 23.7 Å². The molecule has 0 bridgehead atoms. The molecule has 1 heterocycles. The molecular weight excluding hydrogens is 410 g/mol. The van der Waals surface area contributed by atoms with Gasteiger partial charge in [-0.05, 0) is 55.0 Å². The number of nitrogens with one attached hydrogen (secondary N) is 2. The second-order valence-electron chi connectivity index (χ2n) is 6.55. The van der Waals surface area contributed by atoms with Gasteiger partial charge in [0.25, 0.3) is 5.91 Å². The minimum absolute atomic E-state index is 0.201. The molecule has 0 atom stereocenters. The molecule has 154 valence electrons. The lowest BCUT2D eigenvalue weighted by Gasteiger charge is -2.30. The van der Waals surface area contributed by atoms with Crippen LogP contribution >= 0.6 is 23.8 Å². The molecule has 2 aromatic carbocycles. The van der Waals surface area contributed by atoms with Crippen molar-refractivity contribution in [2.75, 3.05) is 43.1 Å². The van der Waals surface area contributed by atoms with Gasteiger partial charge < -0.3 is 19.7 Å². The summed E-state index contributed by atoms with van der Waals surface area (Å²) in [4.78, 5) is 14.8. The van der Waals surface area contributed by atoms with Crippen molar-refractivity contribution in [1.82, 2.24) is 5.32 Å². The number of thiocarbonyl (C=S) groups is 1. The van der Waals surface area contributed by atoms with E-state index in [0.29, 0.717) is 36.2 Å². The highest BCUT2D eigenvalue weighted by atomic mass is 35.5. The predicted octanol–water partition coefficient (Wildman–Crippen LogP) is 4.09. The number of anilines is 2. The minimum Gasteiger partial charge on any atom is -0.494 e. The zero-order chi connectivity index (χ0) is 20.6. The van der Waals surface area contributed by atoms with E-state index in [1.807, 2.05) is 25.1 Å². The Morgan fingerprint density at radius 1 is 1.24 bits per heavy atom. The molecule has 0 saturated carbocycles. The average molecular weight is 434 g/mol. The first kappa shape index (κ1) is 21.4. The first-order valence-electron chi connectivity index (χ1n) is 9.54. The van der Waals surface area contributed by atoms with Crippen LogP contribution in [0.4, 0.5) is 11.4 Å². The van der Waals surface area contributed by atoms with Crippen molar-refractivity contribution in [2.24, 2.45) is 0 Å². The Morgan fingerprint density at radius 2 is 2.03 bits per heavy atom. The van der Waals surface area contributed by atoms with Gasteiger partial charge >= 0.3 is 0 Å². The molecule has 2 aromatic rings. The maximum absolute atomic E-state index is 12.6.